The van der Waals surface area contributed by atoms with Gasteiger partial charge < -0.3 is 14.2 Å². The molecule has 0 spiro atoms. The summed E-state index contributed by atoms with van der Waals surface area (Å²) in [5, 5.41) is 0. The van der Waals surface area contributed by atoms with Crippen molar-refractivity contribution in [1.82, 2.24) is 0 Å². The summed E-state index contributed by atoms with van der Waals surface area (Å²) in [5.41, 5.74) is 0. The molecule has 364 valence electrons. The Morgan fingerprint density at radius 3 is 0.937 bits per heavy atom. The van der Waals surface area contributed by atoms with Gasteiger partial charge in [-0.3, -0.25) is 14.4 Å². The fourth-order valence-corrected chi connectivity index (χ4v) is 7.37. The summed E-state index contributed by atoms with van der Waals surface area (Å²) in [6.45, 7) is 6.55. The van der Waals surface area contributed by atoms with Crippen molar-refractivity contribution in [3.63, 3.8) is 0 Å². The van der Waals surface area contributed by atoms with Gasteiger partial charge in [0.15, 0.2) is 6.10 Å². The Labute approximate surface area is 390 Å². The van der Waals surface area contributed by atoms with E-state index in [0.29, 0.717) is 19.3 Å². The molecule has 0 amide bonds. The minimum atomic E-state index is -0.787. The molecule has 0 aliphatic rings. The summed E-state index contributed by atoms with van der Waals surface area (Å²) in [6.07, 6.45) is 63.4. The number of allylic oxidation sites excluding steroid dienone is 10. The molecule has 0 fully saturated rings. The Hall–Kier alpha value is -2.89. The molecule has 0 aliphatic carbocycles. The molecule has 0 aromatic rings. The topological polar surface area (TPSA) is 78.9 Å². The van der Waals surface area contributed by atoms with Crippen LogP contribution in [0.5, 0.6) is 0 Å². The van der Waals surface area contributed by atoms with E-state index >= 15 is 0 Å². The van der Waals surface area contributed by atoms with Crippen molar-refractivity contribution in [2.75, 3.05) is 13.2 Å². The van der Waals surface area contributed by atoms with Gasteiger partial charge in [-0.25, -0.2) is 0 Å². The van der Waals surface area contributed by atoms with E-state index in [2.05, 4.69) is 81.5 Å². The number of esters is 3. The monoisotopic (exact) mass is 881 g/mol. The van der Waals surface area contributed by atoms with Crippen molar-refractivity contribution in [2.24, 2.45) is 0 Å². The molecule has 1 unspecified atom stereocenters. The van der Waals surface area contributed by atoms with Gasteiger partial charge in [0.05, 0.1) is 0 Å². The zero-order chi connectivity index (χ0) is 45.8. The first-order valence-corrected chi connectivity index (χ1v) is 26.8. The van der Waals surface area contributed by atoms with E-state index in [-0.39, 0.29) is 31.1 Å². The van der Waals surface area contributed by atoms with Crippen LogP contribution in [0.3, 0.4) is 0 Å². The normalized spacial score (nSPS) is 12.5. The molecule has 0 rings (SSSR count). The van der Waals surface area contributed by atoms with Gasteiger partial charge in [0.25, 0.3) is 0 Å². The van der Waals surface area contributed by atoms with Crippen molar-refractivity contribution in [1.29, 1.82) is 0 Å². The third kappa shape index (κ3) is 50.0. The SMILES string of the molecule is CCCC/C=C\CCCCCCCC(=O)OCC(COC(=O)CCCCCCCCC/C=C\C/C=C\CCCCCC)OC(=O)CCCCCCC/C=C\C/C=C\CCCCCC. The third-order valence-corrected chi connectivity index (χ3v) is 11.5. The second-order valence-electron chi connectivity index (χ2n) is 17.8. The summed E-state index contributed by atoms with van der Waals surface area (Å²) >= 11 is 0. The van der Waals surface area contributed by atoms with Crippen molar-refractivity contribution in [2.45, 2.75) is 271 Å². The zero-order valence-electron chi connectivity index (χ0n) is 41.6. The smallest absolute Gasteiger partial charge is 0.306 e. The third-order valence-electron chi connectivity index (χ3n) is 11.5. The van der Waals surface area contributed by atoms with E-state index in [1.165, 1.54) is 122 Å². The lowest BCUT2D eigenvalue weighted by atomic mass is 10.1. The molecular formula is C57H100O6. The maximum Gasteiger partial charge on any atom is 0.306 e. The molecule has 0 aliphatic heterocycles. The van der Waals surface area contributed by atoms with Crippen LogP contribution in [0.2, 0.25) is 0 Å². The van der Waals surface area contributed by atoms with E-state index in [1.54, 1.807) is 0 Å². The highest BCUT2D eigenvalue weighted by molar-refractivity contribution is 5.71. The molecule has 63 heavy (non-hydrogen) atoms. The molecule has 0 heterocycles. The van der Waals surface area contributed by atoms with Crippen LogP contribution in [0.25, 0.3) is 0 Å². The molecule has 0 N–H and O–H groups in total. The minimum Gasteiger partial charge on any atom is -0.462 e. The van der Waals surface area contributed by atoms with Crippen LogP contribution in [0.15, 0.2) is 60.8 Å². The first-order valence-electron chi connectivity index (χ1n) is 26.8. The van der Waals surface area contributed by atoms with Crippen molar-refractivity contribution >= 4 is 17.9 Å². The highest BCUT2D eigenvalue weighted by Crippen LogP contribution is 2.14. The first kappa shape index (κ1) is 60.1. The standard InChI is InChI=1S/C57H100O6/c1-4-7-10-13-16-19-22-24-26-28-29-31-32-35-38-41-44-47-50-56(59)62-53-54(52-61-55(58)49-46-43-40-37-34-21-18-15-12-9-6-3)63-57(60)51-48-45-42-39-36-33-30-27-25-23-20-17-14-11-8-5-2/h15,18-20,22-23,26-28,30,54H,4-14,16-17,21,24-25,29,31-53H2,1-3H3/b18-15-,22-19-,23-20-,28-26-,30-27-. The Morgan fingerprint density at radius 2 is 0.587 bits per heavy atom. The molecule has 6 nitrogen and oxygen atoms in total. The molecule has 0 aromatic heterocycles. The van der Waals surface area contributed by atoms with E-state index in [4.69, 9.17) is 14.2 Å². The van der Waals surface area contributed by atoms with Gasteiger partial charge >= 0.3 is 17.9 Å². The average Bonchev–Trinajstić information content (AvgIpc) is 3.28. The van der Waals surface area contributed by atoms with Gasteiger partial charge in [0.1, 0.15) is 13.2 Å². The molecule has 0 bridgehead atoms. The fraction of sp³-hybridized carbons (Fsp3) is 0.772. The van der Waals surface area contributed by atoms with E-state index in [1.807, 2.05) is 0 Å². The predicted molar refractivity (Wildman–Crippen MR) is 270 cm³/mol. The highest BCUT2D eigenvalue weighted by atomic mass is 16.6. The largest absolute Gasteiger partial charge is 0.462 e. The summed E-state index contributed by atoms with van der Waals surface area (Å²) in [4.78, 5) is 38.0. The van der Waals surface area contributed by atoms with Crippen LogP contribution < -0.4 is 0 Å². The Kier molecular flexibility index (Phi) is 49.4. The number of carbonyl (C=O) groups excluding carboxylic acids is 3. The summed E-state index contributed by atoms with van der Waals surface area (Å²) in [5.74, 6) is -0.913. The summed E-state index contributed by atoms with van der Waals surface area (Å²) in [6, 6.07) is 0. The Balaban J connectivity index is 4.39. The number of carbonyl (C=O) groups is 3. The van der Waals surface area contributed by atoms with Crippen LogP contribution in [0.1, 0.15) is 265 Å². The molecule has 0 radical (unpaired) electrons. The van der Waals surface area contributed by atoms with E-state index < -0.39 is 6.10 Å². The second kappa shape index (κ2) is 51.7. The minimum absolute atomic E-state index is 0.0865. The molecule has 0 saturated heterocycles. The number of rotatable bonds is 48. The van der Waals surface area contributed by atoms with Crippen molar-refractivity contribution in [3.8, 4) is 0 Å². The van der Waals surface area contributed by atoms with Crippen LogP contribution in [0, 0.1) is 0 Å². The lowest BCUT2D eigenvalue weighted by Gasteiger charge is -2.18. The number of hydrogen-bond acceptors (Lipinski definition) is 6. The van der Waals surface area contributed by atoms with Gasteiger partial charge in [-0.2, -0.15) is 0 Å². The molecule has 0 aromatic carbocycles. The van der Waals surface area contributed by atoms with E-state index in [9.17, 15) is 14.4 Å². The highest BCUT2D eigenvalue weighted by Gasteiger charge is 2.19. The van der Waals surface area contributed by atoms with Crippen LogP contribution in [0.4, 0.5) is 0 Å². The number of ether oxygens (including phenoxy) is 3. The van der Waals surface area contributed by atoms with Crippen LogP contribution in [-0.4, -0.2) is 37.2 Å². The molecule has 1 atom stereocenters. The second-order valence-corrected chi connectivity index (χ2v) is 17.8. The van der Waals surface area contributed by atoms with E-state index in [0.717, 1.165) is 103 Å². The van der Waals surface area contributed by atoms with Gasteiger partial charge in [0.2, 0.25) is 0 Å². The first-order chi connectivity index (χ1) is 31.0. The van der Waals surface area contributed by atoms with Crippen LogP contribution >= 0.6 is 0 Å². The lowest BCUT2D eigenvalue weighted by molar-refractivity contribution is -0.167. The maximum atomic E-state index is 12.8. The van der Waals surface area contributed by atoms with Crippen LogP contribution in [-0.2, 0) is 28.6 Å². The van der Waals surface area contributed by atoms with Crippen molar-refractivity contribution in [3.05, 3.63) is 60.8 Å². The lowest BCUT2D eigenvalue weighted by Crippen LogP contribution is -2.30. The van der Waals surface area contributed by atoms with Gasteiger partial charge in [-0.15, -0.1) is 0 Å². The Bertz CT molecular complexity index is 1150. The molecule has 0 saturated carbocycles. The van der Waals surface area contributed by atoms with Gasteiger partial charge in [-0.05, 0) is 103 Å². The fourth-order valence-electron chi connectivity index (χ4n) is 7.37. The van der Waals surface area contributed by atoms with Crippen molar-refractivity contribution < 1.29 is 28.6 Å². The number of unbranched alkanes of at least 4 members (excludes halogenated alkanes) is 27. The number of hydrogen-bond donors (Lipinski definition) is 0. The quantitative estimate of drug-likeness (QED) is 0.0262. The zero-order valence-corrected chi connectivity index (χ0v) is 41.6. The average molecular weight is 881 g/mol. The van der Waals surface area contributed by atoms with Gasteiger partial charge in [0, 0.05) is 19.3 Å². The van der Waals surface area contributed by atoms with Gasteiger partial charge in [-0.1, -0.05) is 204 Å². The molecule has 6 heteroatoms. The molecular weight excluding hydrogens is 781 g/mol. The maximum absolute atomic E-state index is 12.8. The summed E-state index contributed by atoms with van der Waals surface area (Å²) < 4.78 is 16.8. The summed E-state index contributed by atoms with van der Waals surface area (Å²) in [7, 11) is 0. The predicted octanol–water partition coefficient (Wildman–Crippen LogP) is 17.6. The Morgan fingerprint density at radius 1 is 0.317 bits per heavy atom.